The molecule has 0 heterocycles. The molecule has 1 nitrogen and oxygen atoms in total. The van der Waals surface area contributed by atoms with Crippen LogP contribution in [-0.2, 0) is 6.18 Å². The second-order valence-corrected chi connectivity index (χ2v) is 5.10. The zero-order valence-corrected chi connectivity index (χ0v) is 10.3. The predicted octanol–water partition coefficient (Wildman–Crippen LogP) is 4.42. The van der Waals surface area contributed by atoms with E-state index in [0.717, 1.165) is 18.9 Å². The van der Waals surface area contributed by atoms with E-state index in [1.54, 1.807) is 19.9 Å². The van der Waals surface area contributed by atoms with Crippen molar-refractivity contribution in [3.8, 4) is 0 Å². The van der Waals surface area contributed by atoms with Crippen LogP contribution >= 0.6 is 0 Å². The summed E-state index contributed by atoms with van der Waals surface area (Å²) in [5, 5.41) is 0. The normalized spacial score (nSPS) is 16.1. The number of alkyl halides is 3. The summed E-state index contributed by atoms with van der Waals surface area (Å²) in [6.07, 6.45) is -2.59. The molecular formula is C14H15F3O. The molecule has 4 heteroatoms. The lowest BCUT2D eigenvalue weighted by molar-refractivity contribution is -0.138. The van der Waals surface area contributed by atoms with Gasteiger partial charge in [-0.25, -0.2) is 0 Å². The van der Waals surface area contributed by atoms with E-state index >= 15 is 0 Å². The van der Waals surface area contributed by atoms with Gasteiger partial charge in [0.15, 0.2) is 5.78 Å². The van der Waals surface area contributed by atoms with Crippen LogP contribution in [0, 0.1) is 5.92 Å². The van der Waals surface area contributed by atoms with Crippen LogP contribution in [0.25, 0.3) is 0 Å². The molecule has 0 bridgehead atoms. The van der Waals surface area contributed by atoms with Gasteiger partial charge in [-0.3, -0.25) is 4.79 Å². The Hall–Kier alpha value is -1.32. The molecule has 1 saturated carbocycles. The molecule has 0 atom stereocenters. The lowest BCUT2D eigenvalue weighted by atomic mass is 9.93. The van der Waals surface area contributed by atoms with Crippen molar-refractivity contribution in [2.45, 2.75) is 38.8 Å². The van der Waals surface area contributed by atoms with Crippen molar-refractivity contribution in [3.05, 3.63) is 34.9 Å². The fourth-order valence-electron chi connectivity index (χ4n) is 1.99. The fourth-order valence-corrected chi connectivity index (χ4v) is 1.99. The number of benzene rings is 1. The molecule has 18 heavy (non-hydrogen) atoms. The van der Waals surface area contributed by atoms with E-state index < -0.39 is 23.4 Å². The predicted molar refractivity (Wildman–Crippen MR) is 62.6 cm³/mol. The highest BCUT2D eigenvalue weighted by molar-refractivity contribution is 5.99. The Bertz CT molecular complexity index is 470. The molecule has 98 valence electrons. The standard InChI is InChI=1S/C14H15F3O/c1-8(2)13(18)11-6-5-10(9-3-4-9)7-12(11)14(15,16)17/h5-9H,3-4H2,1-2H3. The Morgan fingerprint density at radius 2 is 1.89 bits per heavy atom. The largest absolute Gasteiger partial charge is 0.417 e. The van der Waals surface area contributed by atoms with Gasteiger partial charge in [-0.15, -0.1) is 0 Å². The highest BCUT2D eigenvalue weighted by Crippen LogP contribution is 2.43. The van der Waals surface area contributed by atoms with E-state index in [1.807, 2.05) is 0 Å². The molecule has 1 aromatic rings. The van der Waals surface area contributed by atoms with Gasteiger partial charge >= 0.3 is 6.18 Å². The first-order valence-corrected chi connectivity index (χ1v) is 6.06. The van der Waals surface area contributed by atoms with Crippen molar-refractivity contribution in [2.24, 2.45) is 5.92 Å². The van der Waals surface area contributed by atoms with Gasteiger partial charge < -0.3 is 0 Å². The van der Waals surface area contributed by atoms with Crippen molar-refractivity contribution in [1.29, 1.82) is 0 Å². The molecule has 1 aliphatic carbocycles. The molecule has 1 fully saturated rings. The maximum absolute atomic E-state index is 13.0. The van der Waals surface area contributed by atoms with Crippen LogP contribution < -0.4 is 0 Å². The second kappa shape index (κ2) is 4.41. The SMILES string of the molecule is CC(C)C(=O)c1ccc(C2CC2)cc1C(F)(F)F. The van der Waals surface area contributed by atoms with Gasteiger partial charge in [0.05, 0.1) is 5.56 Å². The van der Waals surface area contributed by atoms with Crippen molar-refractivity contribution in [1.82, 2.24) is 0 Å². The van der Waals surface area contributed by atoms with Crippen molar-refractivity contribution < 1.29 is 18.0 Å². The Labute approximate surface area is 104 Å². The number of rotatable bonds is 3. The fraction of sp³-hybridized carbons (Fsp3) is 0.500. The number of carbonyl (C=O) groups is 1. The second-order valence-electron chi connectivity index (χ2n) is 5.10. The summed E-state index contributed by atoms with van der Waals surface area (Å²) in [4.78, 5) is 11.8. The Morgan fingerprint density at radius 3 is 2.33 bits per heavy atom. The first-order chi connectivity index (χ1) is 8.30. The molecule has 1 aliphatic rings. The summed E-state index contributed by atoms with van der Waals surface area (Å²) in [5.41, 5.74) is -0.296. The molecule has 1 aromatic carbocycles. The highest BCUT2D eigenvalue weighted by atomic mass is 19.4. The van der Waals surface area contributed by atoms with E-state index in [9.17, 15) is 18.0 Å². The lowest BCUT2D eigenvalue weighted by Crippen LogP contribution is -2.16. The monoisotopic (exact) mass is 256 g/mol. The third-order valence-corrected chi connectivity index (χ3v) is 3.19. The van der Waals surface area contributed by atoms with Crippen molar-refractivity contribution in [3.63, 3.8) is 0 Å². The van der Waals surface area contributed by atoms with Crippen LogP contribution in [0.15, 0.2) is 18.2 Å². The van der Waals surface area contributed by atoms with E-state index in [2.05, 4.69) is 0 Å². The molecular weight excluding hydrogens is 241 g/mol. The molecule has 2 rings (SSSR count). The van der Waals surface area contributed by atoms with Crippen LogP contribution in [0.4, 0.5) is 13.2 Å². The summed E-state index contributed by atoms with van der Waals surface area (Å²) in [5.74, 6) is -0.642. The van der Waals surface area contributed by atoms with Crippen LogP contribution in [-0.4, -0.2) is 5.78 Å². The maximum Gasteiger partial charge on any atom is 0.417 e. The molecule has 0 radical (unpaired) electrons. The zero-order valence-electron chi connectivity index (χ0n) is 10.3. The number of hydrogen-bond donors (Lipinski definition) is 0. The van der Waals surface area contributed by atoms with Gasteiger partial charge in [-0.2, -0.15) is 13.2 Å². The first kappa shape index (κ1) is 13.1. The minimum atomic E-state index is -4.47. The van der Waals surface area contributed by atoms with Gasteiger partial charge in [0.1, 0.15) is 0 Å². The van der Waals surface area contributed by atoms with Gasteiger partial charge in [0, 0.05) is 11.5 Å². The summed E-state index contributed by atoms with van der Waals surface area (Å²) in [7, 11) is 0. The maximum atomic E-state index is 13.0. The quantitative estimate of drug-likeness (QED) is 0.731. The van der Waals surface area contributed by atoms with E-state index in [1.165, 1.54) is 6.07 Å². The molecule has 0 N–H and O–H groups in total. The van der Waals surface area contributed by atoms with E-state index in [0.29, 0.717) is 5.56 Å². The summed E-state index contributed by atoms with van der Waals surface area (Å²) >= 11 is 0. The third kappa shape index (κ3) is 2.57. The number of Topliss-reactive ketones (excluding diaryl/α,β-unsaturated/α-hetero) is 1. The Morgan fingerprint density at radius 1 is 1.28 bits per heavy atom. The van der Waals surface area contributed by atoms with Gasteiger partial charge in [0.25, 0.3) is 0 Å². The molecule has 0 saturated heterocycles. The topological polar surface area (TPSA) is 17.1 Å². The molecule has 0 aliphatic heterocycles. The number of carbonyl (C=O) groups excluding carboxylic acids is 1. The van der Waals surface area contributed by atoms with Crippen LogP contribution in [0.3, 0.4) is 0 Å². The summed E-state index contributed by atoms with van der Waals surface area (Å²) in [6, 6.07) is 4.13. The molecule has 0 spiro atoms. The van der Waals surface area contributed by atoms with Gasteiger partial charge in [0.2, 0.25) is 0 Å². The molecule has 0 aromatic heterocycles. The average Bonchev–Trinajstić information content (AvgIpc) is 3.09. The van der Waals surface area contributed by atoms with Crippen LogP contribution in [0.1, 0.15) is 54.1 Å². The Balaban J connectivity index is 2.48. The van der Waals surface area contributed by atoms with Crippen LogP contribution in [0.2, 0.25) is 0 Å². The number of ketones is 1. The molecule has 0 amide bonds. The van der Waals surface area contributed by atoms with E-state index in [-0.39, 0.29) is 11.5 Å². The van der Waals surface area contributed by atoms with E-state index in [4.69, 9.17) is 0 Å². The average molecular weight is 256 g/mol. The van der Waals surface area contributed by atoms with Crippen molar-refractivity contribution >= 4 is 5.78 Å². The lowest BCUT2D eigenvalue weighted by Gasteiger charge is -2.15. The minimum absolute atomic E-state index is 0.207. The molecule has 0 unspecified atom stereocenters. The number of halogens is 3. The van der Waals surface area contributed by atoms with Crippen LogP contribution in [0.5, 0.6) is 0 Å². The smallest absolute Gasteiger partial charge is 0.294 e. The Kier molecular flexibility index (Phi) is 3.21. The summed E-state index contributed by atoms with van der Waals surface area (Å²) < 4.78 is 39.0. The third-order valence-electron chi connectivity index (χ3n) is 3.19. The number of hydrogen-bond acceptors (Lipinski definition) is 1. The highest BCUT2D eigenvalue weighted by Gasteiger charge is 2.37. The van der Waals surface area contributed by atoms with Gasteiger partial charge in [-0.1, -0.05) is 26.0 Å². The van der Waals surface area contributed by atoms with Gasteiger partial charge in [-0.05, 0) is 30.4 Å². The first-order valence-electron chi connectivity index (χ1n) is 6.06. The minimum Gasteiger partial charge on any atom is -0.294 e. The van der Waals surface area contributed by atoms with Crippen molar-refractivity contribution in [2.75, 3.05) is 0 Å². The zero-order chi connectivity index (χ0) is 13.5. The summed E-state index contributed by atoms with van der Waals surface area (Å²) in [6.45, 7) is 3.22.